The maximum Gasteiger partial charge on any atom is 0.233 e. The van der Waals surface area contributed by atoms with Gasteiger partial charge in [0.05, 0.1) is 18.8 Å². The first-order valence-electron chi connectivity index (χ1n) is 5.94. The van der Waals surface area contributed by atoms with Gasteiger partial charge in [0.25, 0.3) is 0 Å². The summed E-state index contributed by atoms with van der Waals surface area (Å²) >= 11 is 0. The van der Waals surface area contributed by atoms with Crippen LogP contribution in [0.2, 0.25) is 0 Å². The van der Waals surface area contributed by atoms with E-state index in [0.717, 1.165) is 32.1 Å². The molecule has 0 unspecified atom stereocenters. The van der Waals surface area contributed by atoms with Gasteiger partial charge in [-0.15, -0.1) is 10.2 Å². The van der Waals surface area contributed by atoms with Gasteiger partial charge in [0, 0.05) is 7.05 Å². The van der Waals surface area contributed by atoms with Gasteiger partial charge in [-0.2, -0.15) is 4.31 Å². The summed E-state index contributed by atoms with van der Waals surface area (Å²) in [5.74, 6) is 0.872. The molecule has 2 heterocycles. The number of nitrogens with zero attached hydrogens (tertiary/aromatic N) is 3. The van der Waals surface area contributed by atoms with Crippen molar-refractivity contribution < 1.29 is 12.8 Å². The fourth-order valence-corrected chi connectivity index (χ4v) is 2.19. The van der Waals surface area contributed by atoms with E-state index in [1.165, 1.54) is 11.4 Å². The molecule has 1 aliphatic heterocycles. The molecule has 1 aromatic rings. The first kappa shape index (κ1) is 13.4. The Labute approximate surface area is 107 Å². The van der Waals surface area contributed by atoms with Crippen molar-refractivity contribution in [2.45, 2.75) is 31.8 Å². The van der Waals surface area contributed by atoms with Crippen LogP contribution in [0.15, 0.2) is 4.42 Å². The quantitative estimate of drug-likeness (QED) is 0.848. The molecule has 1 aliphatic rings. The molecule has 0 amide bonds. The van der Waals surface area contributed by atoms with Crippen LogP contribution in [0.5, 0.6) is 0 Å². The van der Waals surface area contributed by atoms with Gasteiger partial charge in [-0.25, -0.2) is 8.42 Å². The number of aromatic nitrogens is 2. The highest BCUT2D eigenvalue weighted by Gasteiger charge is 2.22. The molecule has 1 N–H and O–H groups in total. The van der Waals surface area contributed by atoms with E-state index >= 15 is 0 Å². The van der Waals surface area contributed by atoms with Crippen molar-refractivity contribution >= 4 is 10.0 Å². The standard InChI is InChI=1S/C10H18N4O3S/c1-14(18(2,15)16)7-9-12-13-10(17-9)8-5-3-4-6-11-8/h8,11H,3-7H2,1-2H3/t8-/m1/s1. The van der Waals surface area contributed by atoms with Crippen molar-refractivity contribution in [1.29, 1.82) is 0 Å². The smallest absolute Gasteiger partial charge is 0.233 e. The second-order valence-corrected chi connectivity index (χ2v) is 6.64. The van der Waals surface area contributed by atoms with Crippen molar-refractivity contribution in [2.24, 2.45) is 0 Å². The number of sulfonamides is 1. The van der Waals surface area contributed by atoms with E-state index in [0.29, 0.717) is 11.8 Å². The third kappa shape index (κ3) is 3.27. The third-order valence-electron chi connectivity index (χ3n) is 3.01. The average Bonchev–Trinajstić information content (AvgIpc) is 2.77. The van der Waals surface area contributed by atoms with E-state index in [4.69, 9.17) is 4.42 Å². The molecule has 18 heavy (non-hydrogen) atoms. The molecule has 0 saturated carbocycles. The Hall–Kier alpha value is -0.990. The van der Waals surface area contributed by atoms with Gasteiger partial charge in [0.2, 0.25) is 21.8 Å². The van der Waals surface area contributed by atoms with E-state index in [2.05, 4.69) is 15.5 Å². The number of rotatable bonds is 4. The molecule has 0 spiro atoms. The molecule has 0 aliphatic carbocycles. The number of hydrogen-bond acceptors (Lipinski definition) is 6. The molecule has 1 saturated heterocycles. The molecule has 1 aromatic heterocycles. The van der Waals surface area contributed by atoms with E-state index in [9.17, 15) is 8.42 Å². The lowest BCUT2D eigenvalue weighted by atomic mass is 10.1. The molecule has 102 valence electrons. The van der Waals surface area contributed by atoms with Crippen LogP contribution in [-0.4, -0.2) is 42.8 Å². The maximum absolute atomic E-state index is 11.3. The third-order valence-corrected chi connectivity index (χ3v) is 4.28. The number of hydrogen-bond donors (Lipinski definition) is 1. The van der Waals surface area contributed by atoms with Crippen molar-refractivity contribution in [3.05, 3.63) is 11.8 Å². The normalized spacial score (nSPS) is 21.4. The molecule has 7 nitrogen and oxygen atoms in total. The van der Waals surface area contributed by atoms with Gasteiger partial charge in [-0.3, -0.25) is 0 Å². The van der Waals surface area contributed by atoms with Crippen LogP contribution in [0.3, 0.4) is 0 Å². The minimum atomic E-state index is -3.23. The molecule has 0 bridgehead atoms. The predicted octanol–water partition coefficient (Wildman–Crippen LogP) is 0.276. The van der Waals surface area contributed by atoms with E-state index < -0.39 is 10.0 Å². The molecular weight excluding hydrogens is 256 g/mol. The number of piperidine rings is 1. The van der Waals surface area contributed by atoms with Gasteiger partial charge >= 0.3 is 0 Å². The Morgan fingerprint density at radius 3 is 2.83 bits per heavy atom. The minimum Gasteiger partial charge on any atom is -0.422 e. The summed E-state index contributed by atoms with van der Waals surface area (Å²) in [7, 11) is -1.74. The largest absolute Gasteiger partial charge is 0.422 e. The Morgan fingerprint density at radius 1 is 1.44 bits per heavy atom. The zero-order chi connectivity index (χ0) is 13.2. The minimum absolute atomic E-state index is 0.100. The van der Waals surface area contributed by atoms with Crippen LogP contribution < -0.4 is 5.32 Å². The highest BCUT2D eigenvalue weighted by atomic mass is 32.2. The lowest BCUT2D eigenvalue weighted by Gasteiger charge is -2.19. The fraction of sp³-hybridized carbons (Fsp3) is 0.800. The highest BCUT2D eigenvalue weighted by Crippen LogP contribution is 2.21. The Morgan fingerprint density at radius 2 is 2.22 bits per heavy atom. The molecule has 0 aromatic carbocycles. The Balaban J connectivity index is 2.01. The summed E-state index contributed by atoms with van der Waals surface area (Å²) in [6.07, 6.45) is 4.42. The lowest BCUT2D eigenvalue weighted by molar-refractivity contribution is 0.316. The van der Waals surface area contributed by atoms with Gasteiger partial charge in [-0.05, 0) is 19.4 Å². The van der Waals surface area contributed by atoms with Crippen LogP contribution in [0.1, 0.15) is 37.1 Å². The summed E-state index contributed by atoms with van der Waals surface area (Å²) < 4.78 is 29.2. The topological polar surface area (TPSA) is 88.3 Å². The van der Waals surface area contributed by atoms with Gasteiger partial charge < -0.3 is 9.73 Å². The maximum atomic E-state index is 11.3. The molecule has 2 rings (SSSR count). The Kier molecular flexibility index (Phi) is 3.98. The van der Waals surface area contributed by atoms with E-state index in [-0.39, 0.29) is 12.6 Å². The van der Waals surface area contributed by atoms with Gasteiger partial charge in [0.1, 0.15) is 0 Å². The van der Waals surface area contributed by atoms with Crippen LogP contribution in [-0.2, 0) is 16.6 Å². The zero-order valence-corrected chi connectivity index (χ0v) is 11.4. The molecular formula is C10H18N4O3S. The Bertz CT molecular complexity index is 493. The number of nitrogens with one attached hydrogen (secondary N) is 1. The van der Waals surface area contributed by atoms with E-state index in [1.807, 2.05) is 0 Å². The monoisotopic (exact) mass is 274 g/mol. The second kappa shape index (κ2) is 5.33. The first-order chi connectivity index (χ1) is 8.47. The van der Waals surface area contributed by atoms with Gasteiger partial charge in [-0.1, -0.05) is 6.42 Å². The second-order valence-electron chi connectivity index (χ2n) is 4.56. The molecule has 8 heteroatoms. The van der Waals surface area contributed by atoms with Crippen LogP contribution in [0.4, 0.5) is 0 Å². The fourth-order valence-electron chi connectivity index (χ4n) is 1.84. The summed E-state index contributed by atoms with van der Waals surface area (Å²) in [5, 5.41) is 11.2. The van der Waals surface area contributed by atoms with Crippen molar-refractivity contribution in [1.82, 2.24) is 19.8 Å². The average molecular weight is 274 g/mol. The lowest BCUT2D eigenvalue weighted by Crippen LogP contribution is -2.27. The summed E-state index contributed by atoms with van der Waals surface area (Å²) in [4.78, 5) is 0. The SMILES string of the molecule is CN(Cc1nnc([C@H]2CCCCN2)o1)S(C)(=O)=O. The summed E-state index contributed by atoms with van der Waals surface area (Å²) in [6.45, 7) is 1.06. The first-order valence-corrected chi connectivity index (χ1v) is 7.78. The van der Waals surface area contributed by atoms with Gasteiger partial charge in [0.15, 0.2) is 0 Å². The van der Waals surface area contributed by atoms with Crippen LogP contribution in [0, 0.1) is 0 Å². The van der Waals surface area contributed by atoms with Crippen LogP contribution in [0.25, 0.3) is 0 Å². The van der Waals surface area contributed by atoms with E-state index in [1.54, 1.807) is 0 Å². The summed E-state index contributed by atoms with van der Waals surface area (Å²) in [6, 6.07) is 0.100. The van der Waals surface area contributed by atoms with Crippen molar-refractivity contribution in [3.8, 4) is 0 Å². The molecule has 1 fully saturated rings. The van der Waals surface area contributed by atoms with Crippen molar-refractivity contribution in [3.63, 3.8) is 0 Å². The molecule has 1 atom stereocenters. The summed E-state index contributed by atoms with van der Waals surface area (Å²) in [5.41, 5.74) is 0. The van der Waals surface area contributed by atoms with Crippen LogP contribution >= 0.6 is 0 Å². The predicted molar refractivity (Wildman–Crippen MR) is 65.2 cm³/mol. The van der Waals surface area contributed by atoms with Crippen molar-refractivity contribution in [2.75, 3.05) is 19.8 Å². The highest BCUT2D eigenvalue weighted by molar-refractivity contribution is 7.88. The zero-order valence-electron chi connectivity index (χ0n) is 10.6. The molecule has 0 radical (unpaired) electrons.